The van der Waals surface area contributed by atoms with E-state index >= 15 is 4.39 Å². The number of benzene rings is 2. The highest BCUT2D eigenvalue weighted by Crippen LogP contribution is 2.44. The Balaban J connectivity index is 2.52. The van der Waals surface area contributed by atoms with Gasteiger partial charge < -0.3 is 5.32 Å². The van der Waals surface area contributed by atoms with Gasteiger partial charge in [0, 0.05) is 36.0 Å². The van der Waals surface area contributed by atoms with E-state index in [1.165, 1.54) is 5.32 Å². The molecule has 43 heavy (non-hydrogen) atoms. The maximum atomic E-state index is 15.1. The number of allylic oxidation sites excluding steroid dienone is 1. The third-order valence-electron chi connectivity index (χ3n) is 5.85. The molecule has 1 unspecified atom stereocenters. The van der Waals surface area contributed by atoms with Crippen LogP contribution < -0.4 is 5.32 Å². The maximum Gasteiger partial charge on any atom is 0.417 e. The fraction of sp³-hybridized carbons (Fsp3) is 0.385. The molecule has 0 saturated carbocycles. The van der Waals surface area contributed by atoms with Crippen molar-refractivity contribution in [2.24, 2.45) is 5.92 Å². The molecule has 0 aliphatic heterocycles. The molecule has 0 aliphatic rings. The molecule has 0 aromatic heterocycles. The SMILES string of the molecule is C[C@@H](CC(=O)c1ccc(/C(F)=C/C(c2cc(Cl)c(Cl)c(C(C)(F)F)c2)C(F)(F)F)cc1C(F)(F)F)C(=O)NCC(F)(F)F. The Morgan fingerprint density at radius 1 is 0.907 bits per heavy atom. The summed E-state index contributed by atoms with van der Waals surface area (Å²) in [5.74, 6) is -12.9. The molecule has 17 heteroatoms. The lowest BCUT2D eigenvalue weighted by Crippen LogP contribution is -2.37. The molecule has 2 rings (SSSR count). The number of carbonyl (C=O) groups is 2. The summed E-state index contributed by atoms with van der Waals surface area (Å²) in [4.78, 5) is 24.3. The van der Waals surface area contributed by atoms with Crippen LogP contribution in [0.3, 0.4) is 0 Å². The summed E-state index contributed by atoms with van der Waals surface area (Å²) >= 11 is 11.4. The highest BCUT2D eigenvalue weighted by atomic mass is 35.5. The van der Waals surface area contributed by atoms with Gasteiger partial charge in [-0.3, -0.25) is 9.59 Å². The van der Waals surface area contributed by atoms with Crippen LogP contribution in [0.15, 0.2) is 36.4 Å². The van der Waals surface area contributed by atoms with Crippen LogP contribution in [0.5, 0.6) is 0 Å². The lowest BCUT2D eigenvalue weighted by Gasteiger charge is -2.21. The van der Waals surface area contributed by atoms with E-state index in [9.17, 15) is 57.9 Å². The lowest BCUT2D eigenvalue weighted by atomic mass is 9.92. The number of ketones is 1. The Bertz CT molecular complexity index is 1390. The molecular formula is C26H19Cl2F12NO2. The number of nitrogens with one attached hydrogen (secondary N) is 1. The Morgan fingerprint density at radius 3 is 1.98 bits per heavy atom. The molecule has 0 heterocycles. The summed E-state index contributed by atoms with van der Waals surface area (Å²) < 4.78 is 163. The monoisotopic (exact) mass is 675 g/mol. The van der Waals surface area contributed by atoms with Crippen molar-refractivity contribution in [1.82, 2.24) is 5.32 Å². The predicted molar refractivity (Wildman–Crippen MR) is 133 cm³/mol. The van der Waals surface area contributed by atoms with Crippen LogP contribution in [0.25, 0.3) is 5.83 Å². The van der Waals surface area contributed by atoms with Crippen molar-refractivity contribution in [3.63, 3.8) is 0 Å². The molecule has 1 amide bonds. The minimum absolute atomic E-state index is 0.0152. The van der Waals surface area contributed by atoms with Crippen molar-refractivity contribution in [1.29, 1.82) is 0 Å². The van der Waals surface area contributed by atoms with Crippen molar-refractivity contribution in [2.75, 3.05) is 6.54 Å². The average Bonchev–Trinajstić information content (AvgIpc) is 2.84. The summed E-state index contributed by atoms with van der Waals surface area (Å²) in [5.41, 5.74) is -6.16. The smallest absolute Gasteiger partial charge is 0.347 e. The molecule has 0 bridgehead atoms. The first-order valence-electron chi connectivity index (χ1n) is 11.7. The number of rotatable bonds is 9. The third-order valence-corrected chi connectivity index (χ3v) is 6.65. The second kappa shape index (κ2) is 13.0. The number of hydrogen-bond donors (Lipinski definition) is 1. The third kappa shape index (κ3) is 9.78. The second-order valence-corrected chi connectivity index (χ2v) is 10.2. The number of halogens is 14. The van der Waals surface area contributed by atoms with Gasteiger partial charge in [0.15, 0.2) is 5.78 Å². The van der Waals surface area contributed by atoms with Crippen molar-refractivity contribution < 1.29 is 62.3 Å². The van der Waals surface area contributed by atoms with Crippen molar-refractivity contribution in [3.05, 3.63) is 74.3 Å². The number of amides is 1. The summed E-state index contributed by atoms with van der Waals surface area (Å²) in [6.07, 6.45) is -16.7. The van der Waals surface area contributed by atoms with E-state index in [-0.39, 0.29) is 12.1 Å². The summed E-state index contributed by atoms with van der Waals surface area (Å²) in [6, 6.07) is 1.82. The van der Waals surface area contributed by atoms with E-state index in [0.717, 1.165) is 6.92 Å². The molecule has 0 saturated heterocycles. The van der Waals surface area contributed by atoms with Gasteiger partial charge in [-0.15, -0.1) is 0 Å². The lowest BCUT2D eigenvalue weighted by molar-refractivity contribution is -0.140. The van der Waals surface area contributed by atoms with Crippen LogP contribution in [0.2, 0.25) is 10.0 Å². The van der Waals surface area contributed by atoms with Crippen LogP contribution in [0.4, 0.5) is 52.7 Å². The van der Waals surface area contributed by atoms with Gasteiger partial charge in [-0.1, -0.05) is 42.3 Å². The summed E-state index contributed by atoms with van der Waals surface area (Å²) in [7, 11) is 0. The van der Waals surface area contributed by atoms with Crippen molar-refractivity contribution in [2.45, 2.75) is 50.6 Å². The molecule has 2 aromatic carbocycles. The first-order chi connectivity index (χ1) is 19.3. The van der Waals surface area contributed by atoms with E-state index in [1.54, 1.807) is 0 Å². The van der Waals surface area contributed by atoms with Crippen LogP contribution in [0.1, 0.15) is 58.8 Å². The molecule has 238 valence electrons. The first kappa shape index (κ1) is 36.3. The standard InChI is InChI=1S/C26H19Cl2F12NO2/c1-11(22(43)41-10-24(32,33)34)5-20(42)14-4-3-12(6-16(14)26(38,39)40)19(29)9-15(25(35,36)37)13-7-17(23(2,30)31)21(28)18(27)8-13/h3-4,6-9,11,15H,5,10H2,1-2H3,(H,41,43)/b19-9-/t11-,15?/m0/s1. The van der Waals surface area contributed by atoms with Crippen molar-refractivity contribution in [3.8, 4) is 0 Å². The molecule has 0 radical (unpaired) electrons. The molecule has 3 nitrogen and oxygen atoms in total. The van der Waals surface area contributed by atoms with E-state index < -0.39 is 105 Å². The van der Waals surface area contributed by atoms with Gasteiger partial charge in [0.1, 0.15) is 18.3 Å². The van der Waals surface area contributed by atoms with Gasteiger partial charge in [0.05, 0.1) is 15.6 Å². The topological polar surface area (TPSA) is 46.2 Å². The number of hydrogen-bond acceptors (Lipinski definition) is 2. The quantitative estimate of drug-likeness (QED) is 0.213. The molecule has 0 aliphatic carbocycles. The van der Waals surface area contributed by atoms with Crippen molar-refractivity contribution >= 4 is 40.7 Å². The fourth-order valence-electron chi connectivity index (χ4n) is 3.74. The first-order valence-corrected chi connectivity index (χ1v) is 12.5. The van der Waals surface area contributed by atoms with Gasteiger partial charge in [-0.2, -0.15) is 39.5 Å². The number of alkyl halides is 11. The maximum absolute atomic E-state index is 15.1. The van der Waals surface area contributed by atoms with Gasteiger partial charge >= 0.3 is 18.5 Å². The van der Waals surface area contributed by atoms with Gasteiger partial charge in [0.2, 0.25) is 5.91 Å². The molecule has 1 N–H and O–H groups in total. The van der Waals surface area contributed by atoms with Crippen LogP contribution in [-0.2, 0) is 16.9 Å². The van der Waals surface area contributed by atoms with Crippen LogP contribution in [0, 0.1) is 5.92 Å². The summed E-state index contributed by atoms with van der Waals surface area (Å²) in [5, 5.41) is -0.0412. The van der Waals surface area contributed by atoms with Crippen LogP contribution >= 0.6 is 23.2 Å². The second-order valence-electron chi connectivity index (χ2n) is 9.41. The molecule has 2 aromatic rings. The zero-order valence-corrected chi connectivity index (χ0v) is 23.2. The van der Waals surface area contributed by atoms with E-state index in [0.29, 0.717) is 31.2 Å². The minimum Gasteiger partial charge on any atom is -0.347 e. The fourth-order valence-corrected chi connectivity index (χ4v) is 4.25. The zero-order valence-electron chi connectivity index (χ0n) is 21.6. The molecule has 0 fully saturated rings. The normalized spacial score (nSPS) is 14.8. The molecule has 2 atom stereocenters. The molecule has 0 spiro atoms. The van der Waals surface area contributed by atoms with Crippen LogP contribution in [-0.4, -0.2) is 30.6 Å². The largest absolute Gasteiger partial charge is 0.417 e. The van der Waals surface area contributed by atoms with Gasteiger partial charge in [-0.05, 0) is 29.8 Å². The zero-order chi connectivity index (χ0) is 33.3. The number of carbonyl (C=O) groups excluding carboxylic acids is 2. The van der Waals surface area contributed by atoms with E-state index in [2.05, 4.69) is 0 Å². The Hall–Kier alpha value is -2.94. The Kier molecular flexibility index (Phi) is 10.9. The van der Waals surface area contributed by atoms with E-state index in [1.807, 2.05) is 0 Å². The predicted octanol–water partition coefficient (Wildman–Crippen LogP) is 9.67. The van der Waals surface area contributed by atoms with E-state index in [4.69, 9.17) is 23.2 Å². The number of Topliss-reactive ketones (excluding diaryl/α,β-unsaturated/α-hetero) is 1. The summed E-state index contributed by atoms with van der Waals surface area (Å²) in [6.45, 7) is -0.486. The minimum atomic E-state index is -5.38. The van der Waals surface area contributed by atoms with Gasteiger partial charge in [-0.25, -0.2) is 13.2 Å². The molecular weight excluding hydrogens is 657 g/mol. The van der Waals surface area contributed by atoms with Gasteiger partial charge in [0.25, 0.3) is 5.92 Å². The average molecular weight is 676 g/mol. The highest BCUT2D eigenvalue weighted by molar-refractivity contribution is 6.42. The Labute approximate surface area is 245 Å². The Morgan fingerprint density at radius 2 is 1.49 bits per heavy atom. The highest BCUT2D eigenvalue weighted by Gasteiger charge is 2.42.